The molecule has 0 atom stereocenters. The second kappa shape index (κ2) is 1.36. The molecule has 0 aliphatic heterocycles. The molecule has 1 heterocycles. The molecule has 2 N–H and O–H groups in total. The molecule has 5 nitrogen and oxygen atoms in total. The van der Waals surface area contributed by atoms with E-state index in [0.29, 0.717) is 0 Å². The summed E-state index contributed by atoms with van der Waals surface area (Å²) >= 11 is 0. The van der Waals surface area contributed by atoms with Gasteiger partial charge in [0.2, 0.25) is 5.49 Å². The van der Waals surface area contributed by atoms with Gasteiger partial charge in [0.1, 0.15) is 0 Å². The summed E-state index contributed by atoms with van der Waals surface area (Å²) in [7, 11) is 1.52. The highest BCUT2D eigenvalue weighted by Gasteiger charge is 1.91. The van der Waals surface area contributed by atoms with Crippen molar-refractivity contribution in [1.29, 1.82) is 5.41 Å². The van der Waals surface area contributed by atoms with Crippen molar-refractivity contribution in [2.75, 3.05) is 0 Å². The minimum atomic E-state index is -0.646. The number of nitrogens with one attached hydrogen (secondary N) is 2. The zero-order chi connectivity index (χ0) is 6.15. The van der Waals surface area contributed by atoms with E-state index in [1.165, 1.54) is 11.7 Å². The summed E-state index contributed by atoms with van der Waals surface area (Å²) in [6.45, 7) is 0. The minimum Gasteiger partial charge on any atom is -0.319 e. The van der Waals surface area contributed by atoms with Crippen LogP contribution < -0.4 is 11.1 Å². The maximum absolute atomic E-state index is 10.2. The number of hydrogen-bond acceptors (Lipinski definition) is 3. The smallest absolute Gasteiger partial charge is 0.319 e. The first-order valence-corrected chi connectivity index (χ1v) is 2.01. The number of nitrogens with zero attached hydrogens (tertiary/aromatic N) is 1. The fourth-order valence-corrected chi connectivity index (χ4v) is 0.341. The zero-order valence-electron chi connectivity index (χ0n) is 4.26. The van der Waals surface area contributed by atoms with Crippen LogP contribution in [0.15, 0.2) is 9.32 Å². The summed E-state index contributed by atoms with van der Waals surface area (Å²) in [6, 6.07) is 0. The Labute approximate surface area is 44.0 Å². The molecule has 44 valence electrons. The number of aryl methyl sites for hydroxylation is 1. The van der Waals surface area contributed by atoms with E-state index in [2.05, 4.69) is 9.79 Å². The first kappa shape index (κ1) is 4.89. The third-order valence-electron chi connectivity index (χ3n) is 0.804. The molecule has 0 saturated carbocycles. The largest absolute Gasteiger partial charge is 0.400 e. The van der Waals surface area contributed by atoms with Crippen molar-refractivity contribution in [3.63, 3.8) is 0 Å². The average molecular weight is 115 g/mol. The topological polar surface area (TPSA) is 74.8 Å². The van der Waals surface area contributed by atoms with Crippen molar-refractivity contribution in [1.82, 2.24) is 9.95 Å². The Kier molecular flexibility index (Phi) is 0.831. The predicted molar refractivity (Wildman–Crippen MR) is 24.2 cm³/mol. The van der Waals surface area contributed by atoms with Gasteiger partial charge >= 0.3 is 5.63 Å². The Bertz CT molecular complexity index is 277. The lowest BCUT2D eigenvalue weighted by Crippen LogP contribution is -2.24. The van der Waals surface area contributed by atoms with Crippen molar-refractivity contribution in [3.05, 3.63) is 15.9 Å². The van der Waals surface area contributed by atoms with E-state index in [9.17, 15) is 4.79 Å². The Balaban J connectivity index is 3.66. The second-order valence-electron chi connectivity index (χ2n) is 1.39. The summed E-state index contributed by atoms with van der Waals surface area (Å²) in [4.78, 5) is 10.2. The van der Waals surface area contributed by atoms with E-state index in [1.54, 1.807) is 0 Å². The highest BCUT2D eigenvalue weighted by molar-refractivity contribution is 4.57. The van der Waals surface area contributed by atoms with E-state index in [-0.39, 0.29) is 5.49 Å². The fraction of sp³-hybridized carbons (Fsp3) is 0.333. The van der Waals surface area contributed by atoms with Crippen LogP contribution in [0.4, 0.5) is 0 Å². The van der Waals surface area contributed by atoms with E-state index >= 15 is 0 Å². The van der Waals surface area contributed by atoms with Crippen molar-refractivity contribution in [3.8, 4) is 0 Å². The van der Waals surface area contributed by atoms with Crippen LogP contribution in [0, 0.1) is 5.41 Å². The highest BCUT2D eigenvalue weighted by atomic mass is 16.5. The maximum atomic E-state index is 10.2. The van der Waals surface area contributed by atoms with Gasteiger partial charge in [-0.2, -0.15) is 5.27 Å². The van der Waals surface area contributed by atoms with Gasteiger partial charge in [-0.25, -0.2) is 9.48 Å². The van der Waals surface area contributed by atoms with E-state index in [4.69, 9.17) is 5.41 Å². The van der Waals surface area contributed by atoms with Gasteiger partial charge in [-0.15, -0.1) is 0 Å². The molecule has 0 aliphatic carbocycles. The van der Waals surface area contributed by atoms with E-state index < -0.39 is 5.63 Å². The number of rotatable bonds is 0. The van der Waals surface area contributed by atoms with Crippen molar-refractivity contribution < 1.29 is 4.52 Å². The standard InChI is InChI=1S/C3H5N3O2/c1-6-2(4)3(7)8-5-6/h4-5H,1H3. The van der Waals surface area contributed by atoms with Crippen LogP contribution >= 0.6 is 0 Å². The van der Waals surface area contributed by atoms with Crippen molar-refractivity contribution in [2.45, 2.75) is 0 Å². The highest BCUT2D eigenvalue weighted by Crippen LogP contribution is 1.52. The molecule has 0 unspecified atom stereocenters. The lowest BCUT2D eigenvalue weighted by molar-refractivity contribution is 0.341. The summed E-state index contributed by atoms with van der Waals surface area (Å²) in [5.74, 6) is 0. The van der Waals surface area contributed by atoms with Gasteiger partial charge in [-0.3, -0.25) is 5.41 Å². The van der Waals surface area contributed by atoms with Gasteiger partial charge in [0.05, 0.1) is 0 Å². The third kappa shape index (κ3) is 0.481. The molecule has 1 aromatic rings. The van der Waals surface area contributed by atoms with Crippen molar-refractivity contribution >= 4 is 0 Å². The van der Waals surface area contributed by atoms with Crippen LogP contribution in [0.5, 0.6) is 0 Å². The SMILES string of the molecule is Cn1[nH]oc(=O)c1=N. The summed E-state index contributed by atoms with van der Waals surface area (Å²) in [6.07, 6.45) is 0. The van der Waals surface area contributed by atoms with Crippen LogP contribution in [0.2, 0.25) is 0 Å². The lowest BCUT2D eigenvalue weighted by atomic mass is 10.8. The van der Waals surface area contributed by atoms with Gasteiger partial charge in [0, 0.05) is 7.05 Å². The van der Waals surface area contributed by atoms with E-state index in [0.717, 1.165) is 0 Å². The average Bonchev–Trinajstić information content (AvgIpc) is 1.98. The molecule has 0 saturated heterocycles. The summed E-state index contributed by atoms with van der Waals surface area (Å²) in [5, 5.41) is 9.03. The molecular formula is C3H5N3O2. The van der Waals surface area contributed by atoms with Gasteiger partial charge < -0.3 is 4.52 Å². The van der Waals surface area contributed by atoms with E-state index in [1.807, 2.05) is 0 Å². The maximum Gasteiger partial charge on any atom is 0.400 e. The Hall–Kier alpha value is -1.26. The van der Waals surface area contributed by atoms with Crippen LogP contribution in [-0.4, -0.2) is 9.95 Å². The molecule has 0 aliphatic rings. The molecule has 0 spiro atoms. The van der Waals surface area contributed by atoms with Crippen LogP contribution in [0.3, 0.4) is 0 Å². The first-order valence-electron chi connectivity index (χ1n) is 2.01. The Morgan fingerprint density at radius 3 is 2.62 bits per heavy atom. The Morgan fingerprint density at radius 2 is 2.50 bits per heavy atom. The molecule has 0 fully saturated rings. The van der Waals surface area contributed by atoms with Gasteiger partial charge in [-0.05, 0) is 0 Å². The summed E-state index contributed by atoms with van der Waals surface area (Å²) < 4.78 is 5.37. The molecular weight excluding hydrogens is 110 g/mol. The number of H-pyrrole nitrogens is 1. The quantitative estimate of drug-likeness (QED) is 0.445. The monoisotopic (exact) mass is 115 g/mol. The van der Waals surface area contributed by atoms with Crippen LogP contribution in [-0.2, 0) is 7.05 Å². The zero-order valence-corrected chi connectivity index (χ0v) is 4.26. The molecule has 0 amide bonds. The van der Waals surface area contributed by atoms with Crippen LogP contribution in [0.1, 0.15) is 0 Å². The van der Waals surface area contributed by atoms with Gasteiger partial charge in [0.25, 0.3) is 0 Å². The van der Waals surface area contributed by atoms with Crippen molar-refractivity contribution in [2.24, 2.45) is 7.05 Å². The molecule has 1 aromatic heterocycles. The van der Waals surface area contributed by atoms with Crippen LogP contribution in [0.25, 0.3) is 0 Å². The molecule has 5 heteroatoms. The fourth-order valence-electron chi connectivity index (χ4n) is 0.341. The normalized spacial score (nSPS) is 9.62. The molecule has 0 radical (unpaired) electrons. The molecule has 1 rings (SSSR count). The number of aromatic nitrogens is 2. The second-order valence-corrected chi connectivity index (χ2v) is 1.39. The Morgan fingerprint density at radius 1 is 1.88 bits per heavy atom. The van der Waals surface area contributed by atoms with Gasteiger partial charge in [-0.1, -0.05) is 0 Å². The number of hydrogen-bond donors (Lipinski definition) is 2. The third-order valence-corrected chi connectivity index (χ3v) is 0.804. The molecule has 8 heavy (non-hydrogen) atoms. The molecule has 0 bridgehead atoms. The minimum absolute atomic E-state index is 0.176. The predicted octanol–water partition coefficient (Wildman–Crippen LogP) is -1.21. The molecule has 0 aromatic carbocycles. The first-order chi connectivity index (χ1) is 3.72. The number of aromatic amines is 1. The summed E-state index contributed by atoms with van der Waals surface area (Å²) in [5.41, 5.74) is -0.822. The lowest BCUT2D eigenvalue weighted by Gasteiger charge is -1.77. The van der Waals surface area contributed by atoms with Gasteiger partial charge in [0.15, 0.2) is 0 Å².